The fraction of sp³-hybridized carbons (Fsp3) is 0. The minimum absolute atomic E-state index is 0.119. The lowest BCUT2D eigenvalue weighted by Crippen LogP contribution is -2.12. The van der Waals surface area contributed by atoms with Crippen LogP contribution in [0, 0.1) is 10.1 Å². The highest BCUT2D eigenvalue weighted by molar-refractivity contribution is 7.21. The van der Waals surface area contributed by atoms with E-state index in [9.17, 15) is 14.9 Å². The van der Waals surface area contributed by atoms with Crippen molar-refractivity contribution < 1.29 is 9.72 Å². The summed E-state index contributed by atoms with van der Waals surface area (Å²) in [6.07, 6.45) is 0. The molecule has 0 aliphatic carbocycles. The van der Waals surface area contributed by atoms with E-state index in [0.29, 0.717) is 26.6 Å². The summed E-state index contributed by atoms with van der Waals surface area (Å²) in [7, 11) is 0. The Bertz CT molecular complexity index is 1580. The Morgan fingerprint density at radius 1 is 0.971 bits per heavy atom. The molecule has 2 heterocycles. The standard InChI is InChI=1S/C26H17ClN4O3S/c27-17-11-9-15(10-12-17)20-14-21(16-5-2-1-3-6-16)30-26-22(20)23(28)24(35-26)25(32)29-18-7-4-8-19(13-18)31(33)34/h1-14H,28H2,(H,29,32). The first kappa shape index (κ1) is 22.5. The molecule has 0 saturated carbocycles. The van der Waals surface area contributed by atoms with Crippen LogP contribution in [0.25, 0.3) is 32.6 Å². The van der Waals surface area contributed by atoms with Crippen LogP contribution in [-0.4, -0.2) is 15.8 Å². The molecule has 0 unspecified atom stereocenters. The number of pyridine rings is 1. The Morgan fingerprint density at radius 3 is 2.43 bits per heavy atom. The average Bonchev–Trinajstić information content (AvgIpc) is 3.21. The number of nitrogen functional groups attached to an aromatic ring is 1. The highest BCUT2D eigenvalue weighted by Crippen LogP contribution is 2.41. The summed E-state index contributed by atoms with van der Waals surface area (Å²) in [5, 5.41) is 15.1. The van der Waals surface area contributed by atoms with Crippen molar-refractivity contribution in [3.8, 4) is 22.4 Å². The van der Waals surface area contributed by atoms with E-state index < -0.39 is 10.8 Å². The third-order valence-electron chi connectivity index (χ3n) is 5.44. The number of carbonyl (C=O) groups excluding carboxylic acids is 1. The first-order valence-electron chi connectivity index (χ1n) is 10.5. The quantitative estimate of drug-likeness (QED) is 0.199. The van der Waals surface area contributed by atoms with Crippen molar-refractivity contribution in [2.75, 3.05) is 11.1 Å². The second-order valence-electron chi connectivity index (χ2n) is 7.71. The minimum Gasteiger partial charge on any atom is -0.397 e. The van der Waals surface area contributed by atoms with Gasteiger partial charge in [-0.3, -0.25) is 14.9 Å². The number of thiophene rings is 1. The van der Waals surface area contributed by atoms with Crippen LogP contribution in [0.3, 0.4) is 0 Å². The third-order valence-corrected chi connectivity index (χ3v) is 6.79. The molecule has 0 fully saturated rings. The zero-order valence-corrected chi connectivity index (χ0v) is 19.6. The van der Waals surface area contributed by atoms with Crippen molar-refractivity contribution in [1.29, 1.82) is 0 Å². The number of benzene rings is 3. The summed E-state index contributed by atoms with van der Waals surface area (Å²) < 4.78 is 0. The van der Waals surface area contributed by atoms with Crippen molar-refractivity contribution in [2.24, 2.45) is 0 Å². The lowest BCUT2D eigenvalue weighted by Gasteiger charge is -2.09. The van der Waals surface area contributed by atoms with Gasteiger partial charge >= 0.3 is 0 Å². The van der Waals surface area contributed by atoms with E-state index >= 15 is 0 Å². The Hall–Kier alpha value is -4.27. The number of rotatable bonds is 5. The van der Waals surface area contributed by atoms with Crippen LogP contribution in [0.1, 0.15) is 9.67 Å². The van der Waals surface area contributed by atoms with Crippen LogP contribution in [0.4, 0.5) is 17.1 Å². The molecule has 172 valence electrons. The van der Waals surface area contributed by atoms with Crippen LogP contribution in [0.15, 0.2) is 84.9 Å². The fourth-order valence-corrected chi connectivity index (χ4v) is 4.93. The molecule has 0 spiro atoms. The lowest BCUT2D eigenvalue weighted by molar-refractivity contribution is -0.384. The van der Waals surface area contributed by atoms with E-state index in [1.165, 1.54) is 29.5 Å². The summed E-state index contributed by atoms with van der Waals surface area (Å²) in [5.74, 6) is -0.464. The summed E-state index contributed by atoms with van der Waals surface area (Å²) in [5.41, 5.74) is 10.4. The SMILES string of the molecule is Nc1c(C(=O)Nc2cccc([N+](=O)[O-])c2)sc2nc(-c3ccccc3)cc(-c3ccc(Cl)cc3)c12. The molecular formula is C26H17ClN4O3S. The van der Waals surface area contributed by atoms with Gasteiger partial charge in [0.2, 0.25) is 0 Å². The number of nitrogens with two attached hydrogens (primary N) is 1. The Balaban J connectivity index is 1.64. The van der Waals surface area contributed by atoms with E-state index in [0.717, 1.165) is 22.4 Å². The largest absolute Gasteiger partial charge is 0.397 e. The molecule has 2 aromatic heterocycles. The molecule has 5 aromatic rings. The summed E-state index contributed by atoms with van der Waals surface area (Å²) in [6.45, 7) is 0. The van der Waals surface area contributed by atoms with E-state index in [1.807, 2.05) is 48.5 Å². The fourth-order valence-electron chi connectivity index (χ4n) is 3.79. The Labute approximate surface area is 209 Å². The predicted octanol–water partition coefficient (Wildman–Crippen LogP) is 7.03. The van der Waals surface area contributed by atoms with Gasteiger partial charge in [0.15, 0.2) is 0 Å². The number of aromatic nitrogens is 1. The summed E-state index contributed by atoms with van der Waals surface area (Å²) in [6, 6.07) is 24.8. The van der Waals surface area contributed by atoms with E-state index in [-0.39, 0.29) is 10.6 Å². The maximum absolute atomic E-state index is 13.1. The number of halogens is 1. The maximum atomic E-state index is 13.1. The molecule has 3 N–H and O–H groups in total. The zero-order valence-electron chi connectivity index (χ0n) is 18.1. The number of amides is 1. The minimum atomic E-state index is -0.517. The zero-order chi connectivity index (χ0) is 24.5. The van der Waals surface area contributed by atoms with Gasteiger partial charge in [0.25, 0.3) is 11.6 Å². The third kappa shape index (κ3) is 4.44. The number of hydrogen-bond acceptors (Lipinski definition) is 6. The molecule has 0 saturated heterocycles. The number of nitrogens with zero attached hydrogens (tertiary/aromatic N) is 2. The summed E-state index contributed by atoms with van der Waals surface area (Å²) in [4.78, 5) is 29.4. The van der Waals surface area contributed by atoms with Crippen LogP contribution in [-0.2, 0) is 0 Å². The van der Waals surface area contributed by atoms with Crippen molar-refractivity contribution in [3.63, 3.8) is 0 Å². The first-order valence-corrected chi connectivity index (χ1v) is 11.7. The molecule has 5 rings (SSSR count). The summed E-state index contributed by atoms with van der Waals surface area (Å²) >= 11 is 7.27. The molecule has 0 aliphatic heterocycles. The van der Waals surface area contributed by atoms with Gasteiger partial charge in [0.1, 0.15) is 9.71 Å². The molecule has 0 atom stereocenters. The number of anilines is 2. The normalized spacial score (nSPS) is 10.9. The molecule has 0 bridgehead atoms. The van der Waals surface area contributed by atoms with Gasteiger partial charge in [0.05, 0.1) is 16.3 Å². The molecule has 1 amide bonds. The topological polar surface area (TPSA) is 111 Å². The number of hydrogen-bond donors (Lipinski definition) is 2. The van der Waals surface area contributed by atoms with E-state index in [1.54, 1.807) is 18.2 Å². The van der Waals surface area contributed by atoms with Crippen molar-refractivity contribution in [1.82, 2.24) is 4.98 Å². The van der Waals surface area contributed by atoms with Gasteiger partial charge in [-0.1, -0.05) is 60.1 Å². The predicted molar refractivity (Wildman–Crippen MR) is 141 cm³/mol. The molecule has 9 heteroatoms. The van der Waals surface area contributed by atoms with Gasteiger partial charge in [-0.2, -0.15) is 0 Å². The molecule has 7 nitrogen and oxygen atoms in total. The first-order chi connectivity index (χ1) is 16.9. The maximum Gasteiger partial charge on any atom is 0.271 e. The van der Waals surface area contributed by atoms with Crippen molar-refractivity contribution >= 4 is 56.1 Å². The Morgan fingerprint density at radius 2 is 1.71 bits per heavy atom. The van der Waals surface area contributed by atoms with Crippen LogP contribution >= 0.6 is 22.9 Å². The van der Waals surface area contributed by atoms with E-state index in [4.69, 9.17) is 22.3 Å². The highest BCUT2D eigenvalue weighted by Gasteiger charge is 2.22. The van der Waals surface area contributed by atoms with Crippen LogP contribution < -0.4 is 11.1 Å². The molecule has 3 aromatic carbocycles. The van der Waals surface area contributed by atoms with Gasteiger partial charge in [-0.25, -0.2) is 4.98 Å². The number of fused-ring (bicyclic) bond motifs is 1. The molecule has 35 heavy (non-hydrogen) atoms. The van der Waals surface area contributed by atoms with Gasteiger partial charge < -0.3 is 11.1 Å². The highest BCUT2D eigenvalue weighted by atomic mass is 35.5. The number of nitro benzene ring substituents is 1. The Kier molecular flexibility index (Phi) is 5.90. The number of carbonyl (C=O) groups is 1. The number of nitrogens with one attached hydrogen (secondary N) is 1. The van der Waals surface area contributed by atoms with Gasteiger partial charge in [-0.05, 0) is 35.4 Å². The second-order valence-corrected chi connectivity index (χ2v) is 9.15. The number of non-ortho nitro benzene ring substituents is 1. The molecule has 0 radical (unpaired) electrons. The van der Waals surface area contributed by atoms with E-state index in [2.05, 4.69) is 5.32 Å². The smallest absolute Gasteiger partial charge is 0.271 e. The molecule has 0 aliphatic rings. The van der Waals surface area contributed by atoms with Crippen LogP contribution in [0.5, 0.6) is 0 Å². The lowest BCUT2D eigenvalue weighted by atomic mass is 9.99. The van der Waals surface area contributed by atoms with Gasteiger partial charge in [-0.15, -0.1) is 11.3 Å². The van der Waals surface area contributed by atoms with Crippen LogP contribution in [0.2, 0.25) is 5.02 Å². The van der Waals surface area contributed by atoms with Crippen molar-refractivity contribution in [2.45, 2.75) is 0 Å². The van der Waals surface area contributed by atoms with Crippen molar-refractivity contribution in [3.05, 3.63) is 105 Å². The second kappa shape index (κ2) is 9.17. The monoisotopic (exact) mass is 500 g/mol. The van der Waals surface area contributed by atoms with Gasteiger partial charge in [0, 0.05) is 33.8 Å². The molecular weight excluding hydrogens is 484 g/mol. The average molecular weight is 501 g/mol. The number of nitro groups is 1.